The zero-order chi connectivity index (χ0) is 59.2. The summed E-state index contributed by atoms with van der Waals surface area (Å²) in [5.41, 5.74) is 0. The Morgan fingerprint density at radius 3 is 0.951 bits per heavy atom. The normalized spacial score (nSPS) is 12.7. The third-order valence-electron chi connectivity index (χ3n) is 17.4. The van der Waals surface area contributed by atoms with Crippen LogP contribution in [0.15, 0.2) is 36.5 Å². The summed E-state index contributed by atoms with van der Waals surface area (Å²) in [5.74, 6) is -0.0197. The molecule has 0 radical (unpaired) electrons. The van der Waals surface area contributed by atoms with Crippen LogP contribution in [-0.2, 0) is 14.3 Å². The van der Waals surface area contributed by atoms with Gasteiger partial charge in [0.05, 0.1) is 25.4 Å². The van der Waals surface area contributed by atoms with Gasteiger partial charge in [0.25, 0.3) is 0 Å². The van der Waals surface area contributed by atoms with Crippen molar-refractivity contribution in [3.8, 4) is 0 Å². The van der Waals surface area contributed by atoms with Crippen LogP contribution >= 0.6 is 0 Å². The van der Waals surface area contributed by atoms with Crippen molar-refractivity contribution >= 4 is 11.9 Å². The fourth-order valence-electron chi connectivity index (χ4n) is 11.7. The third kappa shape index (κ3) is 67.2. The van der Waals surface area contributed by atoms with Crippen LogP contribution in [0.25, 0.3) is 0 Å². The van der Waals surface area contributed by atoms with Crippen molar-refractivity contribution in [1.82, 2.24) is 5.32 Å². The lowest BCUT2D eigenvalue weighted by Gasteiger charge is -2.22. The molecule has 0 aromatic heterocycles. The molecule has 82 heavy (non-hydrogen) atoms. The Labute approximate surface area is 513 Å². The minimum absolute atomic E-state index is 0.0104. The second-order valence-corrected chi connectivity index (χ2v) is 25.6. The SMILES string of the molecule is CCCCCC/C=C\C/C=C\CCCCCCCCCC(=O)OCCCCCCCCCCCCCC/C=C\CCCCCCCCCCCCCCCCC(=O)NC(CO)C(O)CCCCCCCCCCCCCCCCCCC. The average Bonchev–Trinajstić information content (AvgIpc) is 3.48. The van der Waals surface area contributed by atoms with E-state index in [1.165, 1.54) is 327 Å². The Balaban J connectivity index is 3.36. The topological polar surface area (TPSA) is 95.9 Å². The Hall–Kier alpha value is -1.92. The van der Waals surface area contributed by atoms with Gasteiger partial charge in [-0.05, 0) is 83.5 Å². The van der Waals surface area contributed by atoms with Gasteiger partial charge in [-0.3, -0.25) is 9.59 Å². The summed E-state index contributed by atoms with van der Waals surface area (Å²) in [6.07, 6.45) is 92.1. The van der Waals surface area contributed by atoms with E-state index in [4.69, 9.17) is 4.74 Å². The lowest BCUT2D eigenvalue weighted by atomic mass is 10.0. The molecular formula is C76H145NO5. The first-order valence-corrected chi connectivity index (χ1v) is 37.2. The Bertz CT molecular complexity index is 1330. The number of esters is 1. The van der Waals surface area contributed by atoms with E-state index >= 15 is 0 Å². The highest BCUT2D eigenvalue weighted by Gasteiger charge is 2.20. The van der Waals surface area contributed by atoms with Gasteiger partial charge in [-0.25, -0.2) is 0 Å². The summed E-state index contributed by atoms with van der Waals surface area (Å²) < 4.78 is 5.50. The van der Waals surface area contributed by atoms with Gasteiger partial charge in [0.1, 0.15) is 0 Å². The number of carbonyl (C=O) groups excluding carboxylic acids is 2. The van der Waals surface area contributed by atoms with E-state index in [1.807, 2.05) is 0 Å². The Kier molecular flexibility index (Phi) is 69.9. The van der Waals surface area contributed by atoms with Crippen molar-refractivity contribution < 1.29 is 24.5 Å². The van der Waals surface area contributed by atoms with Crippen molar-refractivity contribution in [2.45, 2.75) is 424 Å². The number of hydrogen-bond donors (Lipinski definition) is 3. The number of unbranched alkanes of at least 4 members (excludes halogenated alkanes) is 53. The zero-order valence-electron chi connectivity index (χ0n) is 55.5. The van der Waals surface area contributed by atoms with Gasteiger partial charge in [-0.15, -0.1) is 0 Å². The largest absolute Gasteiger partial charge is 0.466 e. The molecular weight excluding hydrogens is 1010 g/mol. The van der Waals surface area contributed by atoms with Gasteiger partial charge < -0.3 is 20.3 Å². The molecule has 0 aliphatic carbocycles. The number of ether oxygens (including phenoxy) is 1. The second kappa shape index (κ2) is 71.6. The minimum Gasteiger partial charge on any atom is -0.466 e. The summed E-state index contributed by atoms with van der Waals surface area (Å²) >= 11 is 0. The number of amides is 1. The molecule has 6 heteroatoms. The lowest BCUT2D eigenvalue weighted by Crippen LogP contribution is -2.45. The molecule has 0 bridgehead atoms. The predicted molar refractivity (Wildman–Crippen MR) is 361 cm³/mol. The van der Waals surface area contributed by atoms with Crippen LogP contribution in [0.4, 0.5) is 0 Å². The van der Waals surface area contributed by atoms with Gasteiger partial charge in [-0.2, -0.15) is 0 Å². The van der Waals surface area contributed by atoms with Crippen LogP contribution in [-0.4, -0.2) is 47.4 Å². The van der Waals surface area contributed by atoms with Crippen LogP contribution in [0.5, 0.6) is 0 Å². The zero-order valence-corrected chi connectivity index (χ0v) is 55.5. The van der Waals surface area contributed by atoms with Gasteiger partial charge in [0.2, 0.25) is 5.91 Å². The maximum absolute atomic E-state index is 12.5. The first-order valence-electron chi connectivity index (χ1n) is 37.2. The molecule has 0 heterocycles. The first-order chi connectivity index (χ1) is 40.5. The summed E-state index contributed by atoms with van der Waals surface area (Å²) in [6, 6.07) is -0.541. The molecule has 0 spiro atoms. The van der Waals surface area contributed by atoms with E-state index in [9.17, 15) is 19.8 Å². The average molecular weight is 1150 g/mol. The molecule has 3 N–H and O–H groups in total. The Morgan fingerprint density at radius 2 is 0.610 bits per heavy atom. The van der Waals surface area contributed by atoms with Crippen molar-refractivity contribution in [2.24, 2.45) is 0 Å². The van der Waals surface area contributed by atoms with Crippen LogP contribution in [0.1, 0.15) is 412 Å². The maximum Gasteiger partial charge on any atom is 0.305 e. The maximum atomic E-state index is 12.5. The van der Waals surface area contributed by atoms with Crippen molar-refractivity contribution in [3.63, 3.8) is 0 Å². The molecule has 2 atom stereocenters. The van der Waals surface area contributed by atoms with Crippen molar-refractivity contribution in [3.05, 3.63) is 36.5 Å². The van der Waals surface area contributed by atoms with E-state index in [-0.39, 0.29) is 18.5 Å². The number of allylic oxidation sites excluding steroid dienone is 6. The van der Waals surface area contributed by atoms with Gasteiger partial charge in [0.15, 0.2) is 0 Å². The molecule has 0 aromatic carbocycles. The fourth-order valence-corrected chi connectivity index (χ4v) is 11.7. The highest BCUT2D eigenvalue weighted by molar-refractivity contribution is 5.76. The molecule has 0 aliphatic heterocycles. The molecule has 0 aromatic rings. The van der Waals surface area contributed by atoms with Gasteiger partial charge in [-0.1, -0.05) is 352 Å². The number of rotatable bonds is 70. The molecule has 2 unspecified atom stereocenters. The third-order valence-corrected chi connectivity index (χ3v) is 17.4. The number of aliphatic hydroxyl groups excluding tert-OH is 2. The van der Waals surface area contributed by atoms with Crippen molar-refractivity contribution in [1.29, 1.82) is 0 Å². The van der Waals surface area contributed by atoms with E-state index < -0.39 is 12.1 Å². The minimum atomic E-state index is -0.664. The van der Waals surface area contributed by atoms with E-state index in [1.54, 1.807) is 0 Å². The quantitative estimate of drug-likeness (QED) is 0.0320. The summed E-state index contributed by atoms with van der Waals surface area (Å²) in [4.78, 5) is 24.6. The number of aliphatic hydroxyl groups is 2. The van der Waals surface area contributed by atoms with Crippen LogP contribution in [0, 0.1) is 0 Å². The fraction of sp³-hybridized carbons (Fsp3) is 0.895. The molecule has 0 aliphatic rings. The first kappa shape index (κ1) is 80.1. The second-order valence-electron chi connectivity index (χ2n) is 25.6. The summed E-state index contributed by atoms with van der Waals surface area (Å²) in [5, 5.41) is 23.4. The molecule has 6 nitrogen and oxygen atoms in total. The van der Waals surface area contributed by atoms with Crippen LogP contribution in [0.2, 0.25) is 0 Å². The number of carbonyl (C=O) groups is 2. The molecule has 1 amide bonds. The Morgan fingerprint density at radius 1 is 0.341 bits per heavy atom. The molecule has 0 fully saturated rings. The standard InChI is InChI=1S/C76H145NO5/c1-3-5-7-9-11-13-15-17-19-21-38-42-46-50-54-58-62-66-70-76(81)82-71-67-63-59-55-51-47-43-39-35-33-31-29-27-25-23-22-24-26-28-30-32-34-37-41-45-49-53-57-61-65-69-75(80)77-73(72-78)74(79)68-64-60-56-52-48-44-40-36-20-18-16-14-12-10-8-6-4-2/h13,15,19,21,23,25,73-74,78-79H,3-12,14,16-18,20,22,24,26-72H2,1-2H3,(H,77,80)/b15-13-,21-19-,25-23-. The molecule has 0 rings (SSSR count). The van der Waals surface area contributed by atoms with E-state index in [2.05, 4.69) is 55.6 Å². The van der Waals surface area contributed by atoms with Crippen molar-refractivity contribution in [2.75, 3.05) is 13.2 Å². The highest BCUT2D eigenvalue weighted by Crippen LogP contribution is 2.19. The monoisotopic (exact) mass is 1150 g/mol. The van der Waals surface area contributed by atoms with Gasteiger partial charge >= 0.3 is 5.97 Å². The highest BCUT2D eigenvalue weighted by atomic mass is 16.5. The molecule has 0 saturated heterocycles. The van der Waals surface area contributed by atoms with E-state index in [0.717, 1.165) is 51.4 Å². The van der Waals surface area contributed by atoms with E-state index in [0.29, 0.717) is 25.9 Å². The summed E-state index contributed by atoms with van der Waals surface area (Å²) in [6.45, 7) is 4.97. The summed E-state index contributed by atoms with van der Waals surface area (Å²) in [7, 11) is 0. The van der Waals surface area contributed by atoms with Crippen LogP contribution in [0.3, 0.4) is 0 Å². The lowest BCUT2D eigenvalue weighted by molar-refractivity contribution is -0.143. The van der Waals surface area contributed by atoms with Gasteiger partial charge in [0, 0.05) is 12.8 Å². The smallest absolute Gasteiger partial charge is 0.305 e. The molecule has 0 saturated carbocycles. The van der Waals surface area contributed by atoms with Crippen LogP contribution < -0.4 is 5.32 Å². The molecule has 484 valence electrons. The number of hydrogen-bond acceptors (Lipinski definition) is 5. The predicted octanol–water partition coefficient (Wildman–Crippen LogP) is 24.3. The number of nitrogens with one attached hydrogen (secondary N) is 1.